The van der Waals surface area contributed by atoms with Crippen molar-refractivity contribution in [3.05, 3.63) is 23.8 Å². The molecule has 0 unspecified atom stereocenters. The van der Waals surface area contributed by atoms with Crippen LogP contribution in [0.2, 0.25) is 0 Å². The highest BCUT2D eigenvalue weighted by Crippen LogP contribution is 2.28. The average molecular weight is 310 g/mol. The van der Waals surface area contributed by atoms with Gasteiger partial charge >= 0.3 is 0 Å². The third kappa shape index (κ3) is 3.56. The number of carbonyl (C=O) groups excluding carboxylic acids is 1. The van der Waals surface area contributed by atoms with Crippen molar-refractivity contribution in [1.82, 2.24) is 0 Å². The molecule has 1 heterocycles. The molecule has 0 fully saturated rings. The van der Waals surface area contributed by atoms with Crippen LogP contribution in [0.15, 0.2) is 18.2 Å². The summed E-state index contributed by atoms with van der Waals surface area (Å²) >= 11 is 0. The van der Waals surface area contributed by atoms with E-state index >= 15 is 0 Å². The van der Waals surface area contributed by atoms with Gasteiger partial charge in [0.25, 0.3) is 0 Å². The third-order valence-electron chi connectivity index (χ3n) is 3.85. The Bertz CT molecular complexity index is 638. The van der Waals surface area contributed by atoms with Crippen LogP contribution in [-0.4, -0.2) is 31.9 Å². The number of nitrogens with two attached hydrogens (primary N) is 1. The van der Waals surface area contributed by atoms with Crippen molar-refractivity contribution >= 4 is 27.1 Å². The van der Waals surface area contributed by atoms with Crippen molar-refractivity contribution in [2.75, 3.05) is 22.9 Å². The zero-order valence-electron chi connectivity index (χ0n) is 12.5. The fourth-order valence-electron chi connectivity index (χ4n) is 2.47. The first-order chi connectivity index (χ1) is 9.81. The molecule has 1 amide bonds. The number of amides is 1. The second-order valence-corrected chi connectivity index (χ2v) is 8.38. The van der Waals surface area contributed by atoms with Crippen LogP contribution in [0.1, 0.15) is 32.3 Å². The van der Waals surface area contributed by atoms with Crippen molar-refractivity contribution < 1.29 is 13.2 Å². The van der Waals surface area contributed by atoms with Gasteiger partial charge in [0.1, 0.15) is 0 Å². The Balaban J connectivity index is 2.27. The molecule has 0 saturated heterocycles. The molecule has 0 bridgehead atoms. The van der Waals surface area contributed by atoms with Crippen LogP contribution in [-0.2, 0) is 21.1 Å². The van der Waals surface area contributed by atoms with Crippen LogP contribution < -0.4 is 10.6 Å². The highest BCUT2D eigenvalue weighted by atomic mass is 32.2. The van der Waals surface area contributed by atoms with E-state index in [0.717, 1.165) is 24.1 Å². The van der Waals surface area contributed by atoms with Gasteiger partial charge < -0.3 is 10.6 Å². The van der Waals surface area contributed by atoms with Crippen molar-refractivity contribution in [1.29, 1.82) is 0 Å². The second kappa shape index (κ2) is 6.05. The number of anilines is 2. The number of nitrogens with zero attached hydrogens (tertiary/aromatic N) is 1. The van der Waals surface area contributed by atoms with E-state index in [9.17, 15) is 13.2 Å². The summed E-state index contributed by atoms with van der Waals surface area (Å²) in [6, 6.07) is 5.44. The number of hydrogen-bond donors (Lipinski definition) is 1. The minimum Gasteiger partial charge on any atom is -0.399 e. The van der Waals surface area contributed by atoms with Gasteiger partial charge in [0, 0.05) is 24.3 Å². The summed E-state index contributed by atoms with van der Waals surface area (Å²) in [5, 5.41) is -0.425. The van der Waals surface area contributed by atoms with Crippen LogP contribution in [0, 0.1) is 0 Å². The summed E-state index contributed by atoms with van der Waals surface area (Å²) in [6.45, 7) is 3.53. The third-order valence-corrected chi connectivity index (χ3v) is 6.04. The number of sulfone groups is 1. The monoisotopic (exact) mass is 310 g/mol. The summed E-state index contributed by atoms with van der Waals surface area (Å²) in [6.07, 6.45) is 2.00. The van der Waals surface area contributed by atoms with E-state index in [2.05, 4.69) is 0 Å². The van der Waals surface area contributed by atoms with Gasteiger partial charge in [-0.05, 0) is 50.5 Å². The summed E-state index contributed by atoms with van der Waals surface area (Å²) < 4.78 is 23.9. The fraction of sp³-hybridized carbons (Fsp3) is 0.533. The number of rotatable bonds is 4. The van der Waals surface area contributed by atoms with E-state index in [1.54, 1.807) is 24.8 Å². The summed E-state index contributed by atoms with van der Waals surface area (Å²) in [4.78, 5) is 13.8. The Kier molecular flexibility index (Phi) is 4.56. The van der Waals surface area contributed by atoms with Gasteiger partial charge in [-0.15, -0.1) is 0 Å². The van der Waals surface area contributed by atoms with E-state index in [1.807, 2.05) is 12.1 Å². The van der Waals surface area contributed by atoms with E-state index in [0.29, 0.717) is 12.1 Å². The summed E-state index contributed by atoms with van der Waals surface area (Å²) in [5.74, 6) is -0.0299. The highest BCUT2D eigenvalue weighted by Gasteiger charge is 2.25. The molecular weight excluding hydrogens is 288 g/mol. The molecule has 1 aromatic carbocycles. The minimum absolute atomic E-state index is 0.0137. The van der Waals surface area contributed by atoms with Crippen LogP contribution in [0.25, 0.3) is 0 Å². The lowest BCUT2D eigenvalue weighted by atomic mass is 10.1. The highest BCUT2D eigenvalue weighted by molar-refractivity contribution is 7.92. The molecule has 1 aromatic rings. The molecule has 0 aromatic heterocycles. The summed E-state index contributed by atoms with van der Waals surface area (Å²) in [5.41, 5.74) is 8.27. The molecular formula is C15H22N2O3S. The molecule has 1 aliphatic rings. The Morgan fingerprint density at radius 3 is 2.67 bits per heavy atom. The van der Waals surface area contributed by atoms with Gasteiger partial charge in [-0.1, -0.05) is 0 Å². The molecule has 5 nitrogen and oxygen atoms in total. The SMILES string of the molecule is CC(C)S(=O)(=O)CCN1C(=O)CCCc2cc(N)ccc21. The first-order valence-corrected chi connectivity index (χ1v) is 8.93. The molecule has 0 spiro atoms. The zero-order chi connectivity index (χ0) is 15.6. The molecule has 1 aliphatic heterocycles. The summed E-state index contributed by atoms with van der Waals surface area (Å²) in [7, 11) is -3.16. The molecule has 2 N–H and O–H groups in total. The number of fused-ring (bicyclic) bond motifs is 1. The van der Waals surface area contributed by atoms with Crippen molar-refractivity contribution in [2.24, 2.45) is 0 Å². The maximum Gasteiger partial charge on any atom is 0.227 e. The van der Waals surface area contributed by atoms with E-state index in [1.165, 1.54) is 0 Å². The zero-order valence-corrected chi connectivity index (χ0v) is 13.3. The lowest BCUT2D eigenvalue weighted by Crippen LogP contribution is -2.36. The first kappa shape index (κ1) is 15.8. The Morgan fingerprint density at radius 2 is 2.00 bits per heavy atom. The largest absolute Gasteiger partial charge is 0.399 e. The standard InChI is InChI=1S/C15H22N2O3S/c1-11(2)21(19,20)9-8-17-14-7-6-13(16)10-12(14)4-3-5-15(17)18/h6-7,10-11H,3-5,8-9,16H2,1-2H3. The van der Waals surface area contributed by atoms with Gasteiger partial charge in [-0.2, -0.15) is 0 Å². The van der Waals surface area contributed by atoms with Crippen LogP contribution >= 0.6 is 0 Å². The van der Waals surface area contributed by atoms with Crippen LogP contribution in [0.5, 0.6) is 0 Å². The molecule has 2 rings (SSSR count). The average Bonchev–Trinajstić information content (AvgIpc) is 2.54. The predicted octanol–water partition coefficient (Wildman–Crippen LogP) is 1.76. The topological polar surface area (TPSA) is 80.5 Å². The van der Waals surface area contributed by atoms with Gasteiger partial charge in [-0.3, -0.25) is 4.79 Å². The van der Waals surface area contributed by atoms with Crippen LogP contribution in [0.4, 0.5) is 11.4 Å². The van der Waals surface area contributed by atoms with Gasteiger partial charge in [0.15, 0.2) is 9.84 Å². The number of benzene rings is 1. The lowest BCUT2D eigenvalue weighted by molar-refractivity contribution is -0.118. The van der Waals surface area contributed by atoms with Gasteiger partial charge in [0.05, 0.1) is 11.0 Å². The maximum absolute atomic E-state index is 12.2. The Morgan fingerprint density at radius 1 is 1.29 bits per heavy atom. The van der Waals surface area contributed by atoms with Crippen molar-refractivity contribution in [2.45, 2.75) is 38.4 Å². The minimum atomic E-state index is -3.16. The lowest BCUT2D eigenvalue weighted by Gasteiger charge is -2.23. The number of carbonyl (C=O) groups is 1. The molecule has 6 heteroatoms. The molecule has 0 saturated carbocycles. The molecule has 0 aliphatic carbocycles. The van der Waals surface area contributed by atoms with E-state index in [4.69, 9.17) is 5.73 Å². The normalized spacial score (nSPS) is 16.0. The maximum atomic E-state index is 12.2. The number of hydrogen-bond acceptors (Lipinski definition) is 4. The van der Waals surface area contributed by atoms with Gasteiger partial charge in [0.2, 0.25) is 5.91 Å². The molecule has 21 heavy (non-hydrogen) atoms. The van der Waals surface area contributed by atoms with E-state index in [-0.39, 0.29) is 18.2 Å². The van der Waals surface area contributed by atoms with Gasteiger partial charge in [-0.25, -0.2) is 8.42 Å². The second-order valence-electron chi connectivity index (χ2n) is 5.70. The molecule has 116 valence electrons. The Hall–Kier alpha value is -1.56. The van der Waals surface area contributed by atoms with Crippen molar-refractivity contribution in [3.63, 3.8) is 0 Å². The first-order valence-electron chi connectivity index (χ1n) is 7.21. The smallest absolute Gasteiger partial charge is 0.227 e. The van der Waals surface area contributed by atoms with Crippen molar-refractivity contribution in [3.8, 4) is 0 Å². The van der Waals surface area contributed by atoms with Crippen LogP contribution in [0.3, 0.4) is 0 Å². The molecule has 0 radical (unpaired) electrons. The predicted molar refractivity (Wildman–Crippen MR) is 85.1 cm³/mol. The fourth-order valence-corrected chi connectivity index (χ4v) is 3.38. The molecule has 0 atom stereocenters. The number of nitrogen functional groups attached to an aromatic ring is 1. The van der Waals surface area contributed by atoms with E-state index < -0.39 is 15.1 Å². The Labute approximate surface area is 126 Å². The number of aryl methyl sites for hydroxylation is 1. The quantitative estimate of drug-likeness (QED) is 0.859.